The Morgan fingerprint density at radius 2 is 2.20 bits per heavy atom. The van der Waals surface area contributed by atoms with Gasteiger partial charge in [-0.2, -0.15) is 0 Å². The van der Waals surface area contributed by atoms with Crippen LogP contribution < -0.4 is 4.74 Å². The third kappa shape index (κ3) is 3.96. The minimum atomic E-state index is 0.693. The molecule has 0 unspecified atom stereocenters. The molecule has 0 aromatic heterocycles. The molecular formula is C13H17ClO. The van der Waals surface area contributed by atoms with Crippen molar-refractivity contribution in [2.75, 3.05) is 6.61 Å². The molecule has 1 nitrogen and oxygen atoms in total. The van der Waals surface area contributed by atoms with Gasteiger partial charge in [-0.1, -0.05) is 23.8 Å². The zero-order valence-corrected chi connectivity index (χ0v) is 10.1. The first-order valence-electron chi connectivity index (χ1n) is 5.30. The number of hydrogen-bond donors (Lipinski definition) is 0. The third-order valence-electron chi connectivity index (χ3n) is 2.14. The summed E-state index contributed by atoms with van der Waals surface area (Å²) in [6, 6.07) is 5.79. The normalized spacial score (nSPS) is 10.9. The van der Waals surface area contributed by atoms with E-state index in [9.17, 15) is 0 Å². The van der Waals surface area contributed by atoms with Gasteiger partial charge >= 0.3 is 0 Å². The maximum absolute atomic E-state index is 5.96. The van der Waals surface area contributed by atoms with Gasteiger partial charge in [0.2, 0.25) is 0 Å². The first kappa shape index (κ1) is 12.1. The molecule has 1 aromatic carbocycles. The number of allylic oxidation sites excluding steroid dienone is 2. The third-order valence-corrected chi connectivity index (χ3v) is 2.37. The second-order valence-electron chi connectivity index (χ2n) is 3.29. The van der Waals surface area contributed by atoms with Gasteiger partial charge < -0.3 is 4.74 Å². The van der Waals surface area contributed by atoms with Crippen molar-refractivity contribution in [3.63, 3.8) is 0 Å². The predicted molar refractivity (Wildman–Crippen MR) is 65.8 cm³/mol. The van der Waals surface area contributed by atoms with Gasteiger partial charge in [0.1, 0.15) is 5.75 Å². The number of hydrogen-bond acceptors (Lipinski definition) is 1. The number of rotatable bonds is 5. The fraction of sp³-hybridized carbons (Fsp3) is 0.385. The summed E-state index contributed by atoms with van der Waals surface area (Å²) in [6.45, 7) is 4.71. The highest BCUT2D eigenvalue weighted by Gasteiger charge is 2.03. The Labute approximate surface area is 96.7 Å². The van der Waals surface area contributed by atoms with Crippen LogP contribution in [0.4, 0.5) is 0 Å². The Morgan fingerprint density at radius 3 is 2.87 bits per heavy atom. The molecule has 0 heterocycles. The molecule has 0 saturated heterocycles. The molecule has 0 saturated carbocycles. The minimum Gasteiger partial charge on any atom is -0.494 e. The van der Waals surface area contributed by atoms with Crippen LogP contribution in [0, 0.1) is 0 Å². The quantitative estimate of drug-likeness (QED) is 0.680. The summed E-state index contributed by atoms with van der Waals surface area (Å²) in [5, 5.41) is 0.772. The highest BCUT2D eigenvalue weighted by molar-refractivity contribution is 6.30. The topological polar surface area (TPSA) is 9.23 Å². The molecule has 2 heteroatoms. The van der Waals surface area contributed by atoms with E-state index in [0.717, 1.165) is 23.6 Å². The standard InChI is InChI=1S/C13H17ClO/c1-3-5-6-7-11-10-12(14)8-9-13(11)15-4-2/h3,5,8-10H,4,6-7H2,1-2H3/b5-3-. The smallest absolute Gasteiger partial charge is 0.122 e. The van der Waals surface area contributed by atoms with E-state index >= 15 is 0 Å². The molecule has 0 aliphatic carbocycles. The molecular weight excluding hydrogens is 208 g/mol. The highest BCUT2D eigenvalue weighted by Crippen LogP contribution is 2.24. The van der Waals surface area contributed by atoms with Gasteiger partial charge in [0, 0.05) is 5.02 Å². The maximum atomic E-state index is 5.96. The molecule has 0 radical (unpaired) electrons. The lowest BCUT2D eigenvalue weighted by atomic mass is 10.1. The van der Waals surface area contributed by atoms with Crippen molar-refractivity contribution in [1.82, 2.24) is 0 Å². The SMILES string of the molecule is C/C=C\CCc1cc(Cl)ccc1OCC. The van der Waals surface area contributed by atoms with Crippen molar-refractivity contribution in [2.45, 2.75) is 26.7 Å². The van der Waals surface area contributed by atoms with Crippen LogP contribution in [-0.4, -0.2) is 6.61 Å². The molecule has 82 valence electrons. The Balaban J connectivity index is 2.76. The van der Waals surface area contributed by atoms with E-state index in [1.807, 2.05) is 32.0 Å². The van der Waals surface area contributed by atoms with Gasteiger partial charge in [0.25, 0.3) is 0 Å². The van der Waals surface area contributed by atoms with Crippen LogP contribution in [0.25, 0.3) is 0 Å². The van der Waals surface area contributed by atoms with E-state index in [-0.39, 0.29) is 0 Å². The van der Waals surface area contributed by atoms with Gasteiger partial charge in [-0.05, 0) is 50.5 Å². The molecule has 1 aromatic rings. The van der Waals surface area contributed by atoms with Crippen LogP contribution >= 0.6 is 11.6 Å². The van der Waals surface area contributed by atoms with Crippen LogP contribution in [0.2, 0.25) is 5.02 Å². The summed E-state index contributed by atoms with van der Waals surface area (Å²) >= 11 is 5.96. The van der Waals surface area contributed by atoms with Gasteiger partial charge in [-0.15, -0.1) is 0 Å². The number of aryl methyl sites for hydroxylation is 1. The summed E-state index contributed by atoms with van der Waals surface area (Å²) in [7, 11) is 0. The monoisotopic (exact) mass is 224 g/mol. The van der Waals surface area contributed by atoms with Gasteiger partial charge in [0.05, 0.1) is 6.61 Å². The van der Waals surface area contributed by atoms with Crippen LogP contribution in [-0.2, 0) is 6.42 Å². The fourth-order valence-electron chi connectivity index (χ4n) is 1.45. The predicted octanol–water partition coefficient (Wildman–Crippen LogP) is 4.25. The molecule has 0 bridgehead atoms. The first-order chi connectivity index (χ1) is 7.27. The summed E-state index contributed by atoms with van der Waals surface area (Å²) in [4.78, 5) is 0. The second-order valence-corrected chi connectivity index (χ2v) is 3.73. The van der Waals surface area contributed by atoms with Crippen LogP contribution in [0.15, 0.2) is 30.4 Å². The highest BCUT2D eigenvalue weighted by atomic mass is 35.5. The van der Waals surface area contributed by atoms with Crippen LogP contribution in [0.1, 0.15) is 25.8 Å². The van der Waals surface area contributed by atoms with Crippen molar-refractivity contribution in [3.8, 4) is 5.75 Å². The summed E-state index contributed by atoms with van der Waals surface area (Å²) < 4.78 is 5.54. The number of halogens is 1. The molecule has 0 atom stereocenters. The van der Waals surface area contributed by atoms with Gasteiger partial charge in [-0.25, -0.2) is 0 Å². The summed E-state index contributed by atoms with van der Waals surface area (Å²) in [6.07, 6.45) is 6.21. The van der Waals surface area contributed by atoms with E-state index < -0.39 is 0 Å². The lowest BCUT2D eigenvalue weighted by Crippen LogP contribution is -1.96. The second kappa shape index (κ2) is 6.52. The van der Waals surface area contributed by atoms with E-state index in [0.29, 0.717) is 6.61 Å². The maximum Gasteiger partial charge on any atom is 0.122 e. The van der Waals surface area contributed by atoms with E-state index in [4.69, 9.17) is 16.3 Å². The molecule has 0 aliphatic heterocycles. The fourth-order valence-corrected chi connectivity index (χ4v) is 1.64. The van der Waals surface area contributed by atoms with Crippen LogP contribution in [0.5, 0.6) is 5.75 Å². The molecule has 0 spiro atoms. The Kier molecular flexibility index (Phi) is 5.27. The minimum absolute atomic E-state index is 0.693. The Hall–Kier alpha value is -0.950. The number of ether oxygens (including phenoxy) is 1. The summed E-state index contributed by atoms with van der Waals surface area (Å²) in [5.41, 5.74) is 1.18. The lowest BCUT2D eigenvalue weighted by molar-refractivity contribution is 0.336. The van der Waals surface area contributed by atoms with E-state index in [2.05, 4.69) is 12.2 Å². The van der Waals surface area contributed by atoms with Gasteiger partial charge in [0.15, 0.2) is 0 Å². The van der Waals surface area contributed by atoms with Crippen molar-refractivity contribution in [2.24, 2.45) is 0 Å². The zero-order chi connectivity index (χ0) is 11.1. The first-order valence-corrected chi connectivity index (χ1v) is 5.68. The molecule has 0 N–H and O–H groups in total. The molecule has 0 fully saturated rings. The molecule has 15 heavy (non-hydrogen) atoms. The summed E-state index contributed by atoms with van der Waals surface area (Å²) in [5.74, 6) is 0.950. The Bertz CT molecular complexity index is 331. The van der Waals surface area contributed by atoms with Crippen LogP contribution in [0.3, 0.4) is 0 Å². The van der Waals surface area contributed by atoms with Crippen molar-refractivity contribution in [3.05, 3.63) is 40.9 Å². The zero-order valence-electron chi connectivity index (χ0n) is 9.29. The molecule has 1 rings (SSSR count). The van der Waals surface area contributed by atoms with E-state index in [1.54, 1.807) is 0 Å². The van der Waals surface area contributed by atoms with Gasteiger partial charge in [-0.3, -0.25) is 0 Å². The average molecular weight is 225 g/mol. The van der Waals surface area contributed by atoms with Crippen molar-refractivity contribution in [1.29, 1.82) is 0 Å². The average Bonchev–Trinajstić information content (AvgIpc) is 2.22. The molecule has 0 aliphatic rings. The molecule has 0 amide bonds. The largest absolute Gasteiger partial charge is 0.494 e. The lowest BCUT2D eigenvalue weighted by Gasteiger charge is -2.09. The van der Waals surface area contributed by atoms with Crippen molar-refractivity contribution < 1.29 is 4.74 Å². The van der Waals surface area contributed by atoms with E-state index in [1.165, 1.54) is 5.56 Å². The number of benzene rings is 1. The Morgan fingerprint density at radius 1 is 1.40 bits per heavy atom. The van der Waals surface area contributed by atoms with Crippen molar-refractivity contribution >= 4 is 11.6 Å².